The molecule has 0 aromatic rings. The average Bonchev–Trinajstić information content (AvgIpc) is 1.79. The van der Waals surface area contributed by atoms with Crippen LogP contribution in [0.5, 0.6) is 0 Å². The standard InChI is InChI=1S/C10H16O3/c1-9(2,3)10(13)5-7(11)4-8(12)6-10/h4-5,11-13H,6H2,1-3H3. The van der Waals surface area contributed by atoms with Gasteiger partial charge in [-0.25, -0.2) is 0 Å². The molecule has 0 heterocycles. The quantitative estimate of drug-likeness (QED) is 0.540. The molecule has 0 spiro atoms. The van der Waals surface area contributed by atoms with Crippen molar-refractivity contribution in [2.24, 2.45) is 5.41 Å². The molecule has 0 aromatic heterocycles. The SMILES string of the molecule is CC(C)(C)C1(O)C=C(O)C=C(O)C1. The van der Waals surface area contributed by atoms with E-state index in [2.05, 4.69) is 0 Å². The van der Waals surface area contributed by atoms with E-state index in [1.807, 2.05) is 20.8 Å². The second kappa shape index (κ2) is 2.77. The Bertz CT molecular complexity index is 270. The summed E-state index contributed by atoms with van der Waals surface area (Å²) in [5, 5.41) is 28.6. The molecule has 1 aliphatic carbocycles. The van der Waals surface area contributed by atoms with Gasteiger partial charge in [0.25, 0.3) is 0 Å². The normalized spacial score (nSPS) is 29.5. The van der Waals surface area contributed by atoms with E-state index in [9.17, 15) is 15.3 Å². The van der Waals surface area contributed by atoms with Crippen molar-refractivity contribution in [3.05, 3.63) is 23.7 Å². The molecule has 3 N–H and O–H groups in total. The van der Waals surface area contributed by atoms with E-state index < -0.39 is 11.0 Å². The number of aliphatic hydroxyl groups is 3. The van der Waals surface area contributed by atoms with Crippen molar-refractivity contribution < 1.29 is 15.3 Å². The van der Waals surface area contributed by atoms with Crippen molar-refractivity contribution in [3.63, 3.8) is 0 Å². The third-order valence-electron chi connectivity index (χ3n) is 2.45. The number of allylic oxidation sites excluding steroid dienone is 1. The van der Waals surface area contributed by atoms with Gasteiger partial charge >= 0.3 is 0 Å². The molecule has 3 nitrogen and oxygen atoms in total. The summed E-state index contributed by atoms with van der Waals surface area (Å²) in [6.07, 6.45) is 2.79. The minimum Gasteiger partial charge on any atom is -0.512 e. The van der Waals surface area contributed by atoms with E-state index >= 15 is 0 Å². The number of hydrogen-bond donors (Lipinski definition) is 3. The highest BCUT2D eigenvalue weighted by Crippen LogP contribution is 2.39. The molecule has 1 rings (SSSR count). The molecule has 0 fully saturated rings. The lowest BCUT2D eigenvalue weighted by atomic mass is 9.72. The monoisotopic (exact) mass is 184 g/mol. The van der Waals surface area contributed by atoms with Crippen LogP contribution in [0.3, 0.4) is 0 Å². The van der Waals surface area contributed by atoms with Crippen LogP contribution in [0.2, 0.25) is 0 Å². The Balaban J connectivity index is 3.04. The van der Waals surface area contributed by atoms with Crippen LogP contribution in [0.1, 0.15) is 27.2 Å². The van der Waals surface area contributed by atoms with Gasteiger partial charge in [-0.1, -0.05) is 20.8 Å². The van der Waals surface area contributed by atoms with Crippen LogP contribution >= 0.6 is 0 Å². The van der Waals surface area contributed by atoms with Gasteiger partial charge in [-0.15, -0.1) is 0 Å². The second-order valence-corrected chi connectivity index (χ2v) is 4.56. The lowest BCUT2D eigenvalue weighted by Gasteiger charge is -2.39. The first-order valence-electron chi connectivity index (χ1n) is 4.28. The van der Waals surface area contributed by atoms with E-state index in [1.54, 1.807) is 0 Å². The van der Waals surface area contributed by atoms with E-state index in [1.165, 1.54) is 12.2 Å². The molecule has 3 heteroatoms. The fourth-order valence-electron chi connectivity index (χ4n) is 1.32. The van der Waals surface area contributed by atoms with Gasteiger partial charge in [-0.2, -0.15) is 0 Å². The Morgan fingerprint density at radius 1 is 1.31 bits per heavy atom. The second-order valence-electron chi connectivity index (χ2n) is 4.56. The summed E-state index contributed by atoms with van der Waals surface area (Å²) in [7, 11) is 0. The van der Waals surface area contributed by atoms with Crippen LogP contribution in [0.15, 0.2) is 23.7 Å². The van der Waals surface area contributed by atoms with Crippen LogP contribution in [0.25, 0.3) is 0 Å². The maximum Gasteiger partial charge on any atom is 0.117 e. The third kappa shape index (κ3) is 1.86. The van der Waals surface area contributed by atoms with Crippen LogP contribution in [-0.4, -0.2) is 20.9 Å². The Hall–Kier alpha value is -0.960. The third-order valence-corrected chi connectivity index (χ3v) is 2.45. The van der Waals surface area contributed by atoms with Gasteiger partial charge < -0.3 is 15.3 Å². The molecule has 0 aromatic carbocycles. The van der Waals surface area contributed by atoms with Crippen molar-refractivity contribution in [2.45, 2.75) is 32.8 Å². The molecule has 0 amide bonds. The highest BCUT2D eigenvalue weighted by atomic mass is 16.3. The van der Waals surface area contributed by atoms with E-state index in [0.29, 0.717) is 0 Å². The number of aliphatic hydroxyl groups excluding tert-OH is 2. The first kappa shape index (κ1) is 10.1. The van der Waals surface area contributed by atoms with E-state index in [-0.39, 0.29) is 17.9 Å². The number of rotatable bonds is 0. The summed E-state index contributed by atoms with van der Waals surface area (Å²) in [6, 6.07) is 0. The van der Waals surface area contributed by atoms with E-state index in [4.69, 9.17) is 0 Å². The van der Waals surface area contributed by atoms with Crippen molar-refractivity contribution in [2.75, 3.05) is 0 Å². The smallest absolute Gasteiger partial charge is 0.117 e. The Morgan fingerprint density at radius 3 is 2.23 bits per heavy atom. The van der Waals surface area contributed by atoms with E-state index in [0.717, 1.165) is 0 Å². The van der Waals surface area contributed by atoms with Gasteiger partial charge in [0.2, 0.25) is 0 Å². The van der Waals surface area contributed by atoms with Crippen LogP contribution in [0.4, 0.5) is 0 Å². The molecule has 0 aliphatic heterocycles. The fraction of sp³-hybridized carbons (Fsp3) is 0.600. The average molecular weight is 184 g/mol. The van der Waals surface area contributed by atoms with Crippen molar-refractivity contribution in [1.29, 1.82) is 0 Å². The molecule has 0 saturated carbocycles. The first-order chi connectivity index (χ1) is 5.74. The van der Waals surface area contributed by atoms with Crippen molar-refractivity contribution in [3.8, 4) is 0 Å². The first-order valence-corrected chi connectivity index (χ1v) is 4.28. The van der Waals surface area contributed by atoms with Gasteiger partial charge in [-0.05, 0) is 11.5 Å². The van der Waals surface area contributed by atoms with Crippen LogP contribution < -0.4 is 0 Å². The minimum atomic E-state index is -1.17. The maximum absolute atomic E-state index is 10.1. The molecule has 1 unspecified atom stereocenters. The largest absolute Gasteiger partial charge is 0.512 e. The summed E-state index contributed by atoms with van der Waals surface area (Å²) < 4.78 is 0. The zero-order valence-electron chi connectivity index (χ0n) is 8.20. The molecular weight excluding hydrogens is 168 g/mol. The molecule has 0 saturated heterocycles. The predicted octanol–water partition coefficient (Wildman–Crippen LogP) is 2.05. The Kier molecular flexibility index (Phi) is 2.16. The molecule has 0 radical (unpaired) electrons. The summed E-state index contributed by atoms with van der Waals surface area (Å²) in [6.45, 7) is 5.57. The van der Waals surface area contributed by atoms with Gasteiger partial charge in [0.15, 0.2) is 0 Å². The molecule has 0 bridgehead atoms. The van der Waals surface area contributed by atoms with Gasteiger partial charge in [0.05, 0.1) is 11.4 Å². The lowest BCUT2D eigenvalue weighted by Crippen LogP contribution is -2.42. The summed E-state index contributed by atoms with van der Waals surface area (Å²) in [5.41, 5.74) is -1.58. The Labute approximate surface area is 78.0 Å². The lowest BCUT2D eigenvalue weighted by molar-refractivity contribution is -0.0247. The van der Waals surface area contributed by atoms with Crippen LogP contribution in [-0.2, 0) is 0 Å². The zero-order chi connectivity index (χ0) is 10.3. The molecule has 1 atom stereocenters. The van der Waals surface area contributed by atoms with Gasteiger partial charge in [-0.3, -0.25) is 0 Å². The van der Waals surface area contributed by atoms with Gasteiger partial charge in [0.1, 0.15) is 5.76 Å². The maximum atomic E-state index is 10.1. The van der Waals surface area contributed by atoms with Crippen molar-refractivity contribution >= 4 is 0 Å². The Morgan fingerprint density at radius 2 is 1.85 bits per heavy atom. The molecule has 13 heavy (non-hydrogen) atoms. The minimum absolute atomic E-state index is 0.0115. The summed E-state index contributed by atoms with van der Waals surface area (Å²) >= 11 is 0. The highest BCUT2D eigenvalue weighted by molar-refractivity contribution is 5.27. The van der Waals surface area contributed by atoms with Crippen LogP contribution in [0, 0.1) is 5.41 Å². The van der Waals surface area contributed by atoms with Crippen molar-refractivity contribution in [1.82, 2.24) is 0 Å². The zero-order valence-corrected chi connectivity index (χ0v) is 8.20. The summed E-state index contributed by atoms with van der Waals surface area (Å²) in [5.74, 6) is -0.0707. The molecule has 74 valence electrons. The molecular formula is C10H16O3. The predicted molar refractivity (Wildman–Crippen MR) is 50.4 cm³/mol. The fourth-order valence-corrected chi connectivity index (χ4v) is 1.32. The highest BCUT2D eigenvalue weighted by Gasteiger charge is 2.41. The molecule has 1 aliphatic rings. The van der Waals surface area contributed by atoms with Gasteiger partial charge in [0, 0.05) is 12.5 Å². The number of hydrogen-bond acceptors (Lipinski definition) is 3. The summed E-state index contributed by atoms with van der Waals surface area (Å²) in [4.78, 5) is 0. The topological polar surface area (TPSA) is 60.7 Å².